The van der Waals surface area contributed by atoms with Crippen molar-refractivity contribution in [2.24, 2.45) is 0 Å². The fourth-order valence-electron chi connectivity index (χ4n) is 3.86. The summed E-state index contributed by atoms with van der Waals surface area (Å²) in [7, 11) is 4.76. The Balaban J connectivity index is 1.50. The SMILES string of the molecule is COc1ccc(N2CCN(C3OC(=O)c4c3ccc(OC)c4OC)CC2)cc1. The minimum atomic E-state index is -0.389. The lowest BCUT2D eigenvalue weighted by Crippen LogP contribution is -2.47. The molecule has 7 nitrogen and oxygen atoms in total. The Labute approximate surface area is 164 Å². The third kappa shape index (κ3) is 3.11. The van der Waals surface area contributed by atoms with E-state index in [2.05, 4.69) is 21.9 Å². The Bertz CT molecular complexity index is 860. The predicted molar refractivity (Wildman–Crippen MR) is 104 cm³/mol. The van der Waals surface area contributed by atoms with E-state index in [1.54, 1.807) is 14.2 Å². The number of methoxy groups -OCH3 is 3. The highest BCUT2D eigenvalue weighted by molar-refractivity contribution is 5.98. The van der Waals surface area contributed by atoms with Crippen molar-refractivity contribution in [3.8, 4) is 17.2 Å². The lowest BCUT2D eigenvalue weighted by atomic mass is 10.1. The van der Waals surface area contributed by atoms with E-state index in [4.69, 9.17) is 18.9 Å². The molecule has 0 spiro atoms. The number of fused-ring (bicyclic) bond motifs is 1. The topological polar surface area (TPSA) is 60.5 Å². The molecule has 0 radical (unpaired) electrons. The zero-order valence-corrected chi connectivity index (χ0v) is 16.3. The van der Waals surface area contributed by atoms with Crippen LogP contribution in [-0.4, -0.2) is 58.4 Å². The number of carbonyl (C=O) groups excluding carboxylic acids is 1. The van der Waals surface area contributed by atoms with Crippen molar-refractivity contribution in [1.29, 1.82) is 0 Å². The van der Waals surface area contributed by atoms with Crippen LogP contribution in [0.2, 0.25) is 0 Å². The molecule has 4 rings (SSSR count). The fraction of sp³-hybridized carbons (Fsp3) is 0.381. The van der Waals surface area contributed by atoms with E-state index in [0.717, 1.165) is 43.2 Å². The Morgan fingerprint density at radius 3 is 2.21 bits per heavy atom. The first-order valence-corrected chi connectivity index (χ1v) is 9.25. The van der Waals surface area contributed by atoms with Gasteiger partial charge < -0.3 is 23.8 Å². The smallest absolute Gasteiger partial charge is 0.344 e. The average molecular weight is 384 g/mol. The molecule has 28 heavy (non-hydrogen) atoms. The molecule has 148 valence electrons. The molecule has 1 unspecified atom stereocenters. The van der Waals surface area contributed by atoms with Crippen LogP contribution in [-0.2, 0) is 4.74 Å². The first-order valence-electron chi connectivity index (χ1n) is 9.25. The number of benzene rings is 2. The van der Waals surface area contributed by atoms with Crippen LogP contribution < -0.4 is 19.1 Å². The van der Waals surface area contributed by atoms with E-state index in [1.807, 2.05) is 24.3 Å². The third-order valence-electron chi connectivity index (χ3n) is 5.35. The number of anilines is 1. The third-order valence-corrected chi connectivity index (χ3v) is 5.35. The maximum absolute atomic E-state index is 12.5. The van der Waals surface area contributed by atoms with Gasteiger partial charge in [-0.3, -0.25) is 4.90 Å². The van der Waals surface area contributed by atoms with Crippen molar-refractivity contribution < 1.29 is 23.7 Å². The van der Waals surface area contributed by atoms with Crippen LogP contribution in [0.15, 0.2) is 36.4 Å². The van der Waals surface area contributed by atoms with Gasteiger partial charge in [-0.2, -0.15) is 0 Å². The van der Waals surface area contributed by atoms with Crippen molar-refractivity contribution in [2.45, 2.75) is 6.23 Å². The zero-order chi connectivity index (χ0) is 19.7. The summed E-state index contributed by atoms with van der Waals surface area (Å²) in [5.41, 5.74) is 2.46. The molecule has 0 N–H and O–H groups in total. The standard InChI is InChI=1S/C21H24N2O5/c1-25-15-6-4-14(5-7-15)22-10-12-23(13-11-22)20-16-8-9-17(26-2)19(27-3)18(16)21(24)28-20/h4-9,20H,10-13H2,1-3H3. The van der Waals surface area contributed by atoms with Gasteiger partial charge in [-0.25, -0.2) is 4.79 Å². The number of nitrogens with zero attached hydrogens (tertiary/aromatic N) is 2. The number of hydrogen-bond donors (Lipinski definition) is 0. The number of cyclic esters (lactones) is 1. The molecule has 2 heterocycles. The maximum atomic E-state index is 12.5. The molecular weight excluding hydrogens is 360 g/mol. The summed E-state index contributed by atoms with van der Waals surface area (Å²) in [4.78, 5) is 17.0. The van der Waals surface area contributed by atoms with Gasteiger partial charge in [-0.05, 0) is 36.4 Å². The van der Waals surface area contributed by atoms with Crippen LogP contribution in [0, 0.1) is 0 Å². The number of piperazine rings is 1. The molecule has 2 aliphatic rings. The van der Waals surface area contributed by atoms with Crippen LogP contribution in [0.5, 0.6) is 17.2 Å². The van der Waals surface area contributed by atoms with Crippen LogP contribution in [0.3, 0.4) is 0 Å². The Hall–Kier alpha value is -2.93. The molecule has 2 aromatic carbocycles. The molecule has 2 aromatic rings. The van der Waals surface area contributed by atoms with Crippen molar-refractivity contribution in [3.63, 3.8) is 0 Å². The molecule has 7 heteroatoms. The highest BCUT2D eigenvalue weighted by atomic mass is 16.6. The number of ether oxygens (including phenoxy) is 4. The van der Waals surface area contributed by atoms with Crippen molar-refractivity contribution >= 4 is 11.7 Å². The highest BCUT2D eigenvalue weighted by Gasteiger charge is 2.39. The summed E-state index contributed by atoms with van der Waals surface area (Å²) in [5.74, 6) is 1.45. The second-order valence-corrected chi connectivity index (χ2v) is 6.74. The van der Waals surface area contributed by atoms with Crippen LogP contribution in [0.25, 0.3) is 0 Å². The lowest BCUT2D eigenvalue weighted by molar-refractivity contribution is -0.0251. The monoisotopic (exact) mass is 384 g/mol. The molecule has 0 bridgehead atoms. The molecule has 0 aromatic heterocycles. The molecule has 0 amide bonds. The Kier molecular flexibility index (Phi) is 5.00. The predicted octanol–water partition coefficient (Wildman–Crippen LogP) is 2.70. The number of esters is 1. The summed E-state index contributed by atoms with van der Waals surface area (Å²) in [6.45, 7) is 3.28. The summed E-state index contributed by atoms with van der Waals surface area (Å²) in [6.07, 6.45) is -0.389. The Morgan fingerprint density at radius 1 is 0.893 bits per heavy atom. The van der Waals surface area contributed by atoms with Crippen LogP contribution >= 0.6 is 0 Å². The van der Waals surface area contributed by atoms with Gasteiger partial charge in [-0.1, -0.05) is 0 Å². The normalized spacial score (nSPS) is 19.2. The van der Waals surface area contributed by atoms with Gasteiger partial charge >= 0.3 is 5.97 Å². The van der Waals surface area contributed by atoms with Gasteiger partial charge in [-0.15, -0.1) is 0 Å². The second kappa shape index (κ2) is 7.59. The first-order chi connectivity index (χ1) is 13.7. The minimum absolute atomic E-state index is 0.367. The molecule has 2 aliphatic heterocycles. The summed E-state index contributed by atoms with van der Waals surface area (Å²) >= 11 is 0. The Morgan fingerprint density at radius 2 is 1.61 bits per heavy atom. The fourth-order valence-corrected chi connectivity index (χ4v) is 3.86. The van der Waals surface area contributed by atoms with E-state index < -0.39 is 0 Å². The van der Waals surface area contributed by atoms with Gasteiger partial charge in [0.2, 0.25) is 0 Å². The molecule has 0 saturated carbocycles. The van der Waals surface area contributed by atoms with E-state index in [-0.39, 0.29) is 12.2 Å². The van der Waals surface area contributed by atoms with E-state index in [0.29, 0.717) is 17.1 Å². The van der Waals surface area contributed by atoms with Crippen LogP contribution in [0.1, 0.15) is 22.1 Å². The van der Waals surface area contributed by atoms with Gasteiger partial charge in [0.05, 0.1) is 21.3 Å². The van der Waals surface area contributed by atoms with Crippen LogP contribution in [0.4, 0.5) is 5.69 Å². The molecule has 1 saturated heterocycles. The van der Waals surface area contributed by atoms with Gasteiger partial charge in [0.25, 0.3) is 0 Å². The van der Waals surface area contributed by atoms with Gasteiger partial charge in [0.15, 0.2) is 17.7 Å². The van der Waals surface area contributed by atoms with Crippen molar-refractivity contribution in [2.75, 3.05) is 52.4 Å². The second-order valence-electron chi connectivity index (χ2n) is 6.74. The van der Waals surface area contributed by atoms with Crippen molar-refractivity contribution in [1.82, 2.24) is 4.90 Å². The number of carbonyl (C=O) groups is 1. The van der Waals surface area contributed by atoms with Gasteiger partial charge in [0, 0.05) is 37.4 Å². The molecular formula is C21H24N2O5. The van der Waals surface area contributed by atoms with Crippen molar-refractivity contribution in [3.05, 3.63) is 47.5 Å². The first kappa shape index (κ1) is 18.4. The quantitative estimate of drug-likeness (QED) is 0.735. The molecule has 0 aliphatic carbocycles. The summed E-state index contributed by atoms with van der Waals surface area (Å²) in [5, 5.41) is 0. The molecule has 1 atom stereocenters. The zero-order valence-electron chi connectivity index (χ0n) is 16.3. The summed E-state index contributed by atoms with van der Waals surface area (Å²) in [6, 6.07) is 11.8. The number of hydrogen-bond acceptors (Lipinski definition) is 7. The largest absolute Gasteiger partial charge is 0.497 e. The van der Waals surface area contributed by atoms with E-state index >= 15 is 0 Å². The van der Waals surface area contributed by atoms with E-state index in [9.17, 15) is 4.79 Å². The number of rotatable bonds is 5. The minimum Gasteiger partial charge on any atom is -0.497 e. The van der Waals surface area contributed by atoms with Gasteiger partial charge in [0.1, 0.15) is 11.3 Å². The summed E-state index contributed by atoms with van der Waals surface area (Å²) < 4.78 is 21.7. The highest BCUT2D eigenvalue weighted by Crippen LogP contribution is 2.43. The van der Waals surface area contributed by atoms with E-state index in [1.165, 1.54) is 7.11 Å². The molecule has 1 fully saturated rings. The maximum Gasteiger partial charge on any atom is 0.344 e. The average Bonchev–Trinajstić information content (AvgIpc) is 3.10. The lowest BCUT2D eigenvalue weighted by Gasteiger charge is -2.38.